The molecule has 3 rings (SSSR count). The van der Waals surface area contributed by atoms with Crippen LogP contribution in [0.4, 0.5) is 0 Å². The van der Waals surface area contributed by atoms with E-state index in [0.717, 1.165) is 37.3 Å². The molecule has 7 heteroatoms. The van der Waals surface area contributed by atoms with Crippen LogP contribution in [0.1, 0.15) is 11.1 Å². The molecule has 0 radical (unpaired) electrons. The third-order valence-electron chi connectivity index (χ3n) is 5.35. The van der Waals surface area contributed by atoms with E-state index in [4.69, 9.17) is 14.2 Å². The number of ether oxygens (including phenoxy) is 3. The Morgan fingerprint density at radius 3 is 1.29 bits per heavy atom. The van der Waals surface area contributed by atoms with Gasteiger partial charge in [0.05, 0.1) is 39.6 Å². The number of nitrogens with zero attached hydrogens (tertiary/aromatic N) is 2. The molecule has 0 atom stereocenters. The first kappa shape index (κ1) is 23.5. The highest BCUT2D eigenvalue weighted by Gasteiger charge is 2.12. The van der Waals surface area contributed by atoms with E-state index in [2.05, 4.69) is 9.80 Å². The molecule has 0 unspecified atom stereocenters. The van der Waals surface area contributed by atoms with Crippen molar-refractivity contribution in [3.05, 3.63) is 59.7 Å². The van der Waals surface area contributed by atoms with E-state index in [1.54, 1.807) is 12.1 Å². The van der Waals surface area contributed by atoms with Crippen molar-refractivity contribution in [2.45, 2.75) is 13.1 Å². The maximum absolute atomic E-state index is 10.1. The Hall–Kier alpha value is -2.16. The predicted octanol–water partition coefficient (Wildman–Crippen LogP) is 2.47. The maximum atomic E-state index is 10.1. The summed E-state index contributed by atoms with van der Waals surface area (Å²) < 4.78 is 17.4. The van der Waals surface area contributed by atoms with E-state index in [0.29, 0.717) is 64.2 Å². The van der Waals surface area contributed by atoms with Crippen LogP contribution in [0.3, 0.4) is 0 Å². The van der Waals surface area contributed by atoms with Crippen LogP contribution in [-0.2, 0) is 27.3 Å². The van der Waals surface area contributed by atoms with Gasteiger partial charge in [0, 0.05) is 50.4 Å². The van der Waals surface area contributed by atoms with Gasteiger partial charge in [0.15, 0.2) is 0 Å². The van der Waals surface area contributed by atoms with Gasteiger partial charge in [-0.15, -0.1) is 0 Å². The van der Waals surface area contributed by atoms with Crippen molar-refractivity contribution in [3.63, 3.8) is 0 Å². The molecule has 0 bridgehead atoms. The van der Waals surface area contributed by atoms with E-state index in [-0.39, 0.29) is 0 Å². The van der Waals surface area contributed by atoms with E-state index in [1.165, 1.54) is 0 Å². The fraction of sp³-hybridized carbons (Fsp3) is 0.500. The molecule has 0 spiro atoms. The number of hydrogen-bond acceptors (Lipinski definition) is 7. The highest BCUT2D eigenvalue weighted by atomic mass is 16.5. The van der Waals surface area contributed by atoms with Gasteiger partial charge in [-0.05, 0) is 12.1 Å². The Bertz CT molecular complexity index is 710. The van der Waals surface area contributed by atoms with Crippen molar-refractivity contribution in [2.24, 2.45) is 0 Å². The molecule has 1 heterocycles. The summed E-state index contributed by atoms with van der Waals surface area (Å²) in [6.07, 6.45) is 0. The molecule has 31 heavy (non-hydrogen) atoms. The zero-order valence-electron chi connectivity index (χ0n) is 18.1. The molecule has 2 aromatic rings. The van der Waals surface area contributed by atoms with Crippen LogP contribution < -0.4 is 0 Å². The monoisotopic (exact) mass is 430 g/mol. The first-order valence-corrected chi connectivity index (χ1v) is 10.9. The molecule has 2 aromatic carbocycles. The van der Waals surface area contributed by atoms with E-state index in [1.807, 2.05) is 36.4 Å². The molecule has 0 aromatic heterocycles. The number of rotatable bonds is 4. The van der Waals surface area contributed by atoms with Crippen LogP contribution in [0.25, 0.3) is 0 Å². The van der Waals surface area contributed by atoms with Gasteiger partial charge in [0.2, 0.25) is 0 Å². The molecule has 1 fully saturated rings. The summed E-state index contributed by atoms with van der Waals surface area (Å²) in [5, 5.41) is 20.2. The Morgan fingerprint density at radius 1 is 0.548 bits per heavy atom. The molecular formula is C24H34N2O5. The smallest absolute Gasteiger partial charge is 0.120 e. The lowest BCUT2D eigenvalue weighted by Crippen LogP contribution is -2.32. The Morgan fingerprint density at radius 2 is 0.903 bits per heavy atom. The van der Waals surface area contributed by atoms with Gasteiger partial charge in [-0.25, -0.2) is 0 Å². The minimum absolute atomic E-state index is 0.313. The topological polar surface area (TPSA) is 74.6 Å². The molecule has 0 aliphatic carbocycles. The molecule has 1 aliphatic heterocycles. The lowest BCUT2D eigenvalue weighted by atomic mass is 10.2. The second-order valence-corrected chi connectivity index (χ2v) is 7.65. The number of phenols is 2. The first-order valence-electron chi connectivity index (χ1n) is 10.9. The average Bonchev–Trinajstić information content (AvgIpc) is 2.78. The van der Waals surface area contributed by atoms with Crippen molar-refractivity contribution in [1.29, 1.82) is 0 Å². The van der Waals surface area contributed by atoms with Gasteiger partial charge in [-0.3, -0.25) is 9.80 Å². The van der Waals surface area contributed by atoms with Crippen molar-refractivity contribution in [1.82, 2.24) is 9.80 Å². The summed E-state index contributed by atoms with van der Waals surface area (Å²) in [5.41, 5.74) is 1.80. The predicted molar refractivity (Wildman–Crippen MR) is 119 cm³/mol. The molecule has 170 valence electrons. The van der Waals surface area contributed by atoms with E-state index >= 15 is 0 Å². The third kappa shape index (κ3) is 8.47. The highest BCUT2D eigenvalue weighted by Crippen LogP contribution is 2.18. The zero-order chi connectivity index (χ0) is 21.7. The molecule has 7 nitrogen and oxygen atoms in total. The van der Waals surface area contributed by atoms with Crippen molar-refractivity contribution in [2.75, 3.05) is 65.8 Å². The molecule has 0 amide bonds. The quantitative estimate of drug-likeness (QED) is 0.772. The third-order valence-corrected chi connectivity index (χ3v) is 5.35. The summed E-state index contributed by atoms with van der Waals surface area (Å²) in [6, 6.07) is 14.8. The lowest BCUT2D eigenvalue weighted by Gasteiger charge is -2.24. The summed E-state index contributed by atoms with van der Waals surface area (Å²) in [7, 11) is 0. The second kappa shape index (κ2) is 13.3. The van der Waals surface area contributed by atoms with Gasteiger partial charge in [-0.2, -0.15) is 0 Å². The van der Waals surface area contributed by atoms with Crippen LogP contribution in [0.5, 0.6) is 11.5 Å². The Balaban J connectivity index is 1.53. The zero-order valence-corrected chi connectivity index (χ0v) is 18.1. The molecular weight excluding hydrogens is 396 g/mol. The molecule has 1 saturated heterocycles. The number of hydrogen-bond donors (Lipinski definition) is 2. The van der Waals surface area contributed by atoms with Crippen LogP contribution >= 0.6 is 0 Å². The van der Waals surface area contributed by atoms with Gasteiger partial charge >= 0.3 is 0 Å². The van der Waals surface area contributed by atoms with Crippen molar-refractivity contribution >= 4 is 0 Å². The summed E-state index contributed by atoms with van der Waals surface area (Å²) >= 11 is 0. The van der Waals surface area contributed by atoms with Crippen LogP contribution in [0.2, 0.25) is 0 Å². The van der Waals surface area contributed by atoms with E-state index < -0.39 is 0 Å². The Labute approximate surface area is 184 Å². The minimum atomic E-state index is 0.313. The fourth-order valence-electron chi connectivity index (χ4n) is 3.51. The number of benzene rings is 2. The fourth-order valence-corrected chi connectivity index (χ4v) is 3.51. The minimum Gasteiger partial charge on any atom is -0.508 e. The standard InChI is InChI=1S/C24H34N2O5/c27-23-7-3-1-5-21(23)19-25-9-13-29-14-10-26(12-16-31-18-17-30-15-11-25)20-22-6-2-4-8-24(22)28/h1-8,27-28H,9-20H2. The first-order chi connectivity index (χ1) is 15.2. The van der Waals surface area contributed by atoms with Gasteiger partial charge in [0.1, 0.15) is 11.5 Å². The number of phenolic OH excluding ortho intramolecular Hbond substituents is 2. The van der Waals surface area contributed by atoms with Gasteiger partial charge in [-0.1, -0.05) is 36.4 Å². The summed E-state index contributed by atoms with van der Waals surface area (Å²) in [5.74, 6) is 0.627. The van der Waals surface area contributed by atoms with Crippen LogP contribution in [-0.4, -0.2) is 85.8 Å². The number of aromatic hydroxyl groups is 2. The largest absolute Gasteiger partial charge is 0.508 e. The van der Waals surface area contributed by atoms with Crippen molar-refractivity contribution < 1.29 is 24.4 Å². The molecule has 2 N–H and O–H groups in total. The second-order valence-electron chi connectivity index (χ2n) is 7.65. The van der Waals surface area contributed by atoms with Crippen LogP contribution in [0, 0.1) is 0 Å². The molecule has 1 aliphatic rings. The summed E-state index contributed by atoms with van der Waals surface area (Å²) in [6.45, 7) is 7.87. The average molecular weight is 431 g/mol. The van der Waals surface area contributed by atoms with Gasteiger partial charge < -0.3 is 24.4 Å². The van der Waals surface area contributed by atoms with Crippen molar-refractivity contribution in [3.8, 4) is 11.5 Å². The van der Waals surface area contributed by atoms with Gasteiger partial charge in [0.25, 0.3) is 0 Å². The SMILES string of the molecule is Oc1ccccc1CN1CCOCCOCCN(Cc2ccccc2O)CCOCC1. The highest BCUT2D eigenvalue weighted by molar-refractivity contribution is 5.32. The van der Waals surface area contributed by atoms with Crippen LogP contribution in [0.15, 0.2) is 48.5 Å². The maximum Gasteiger partial charge on any atom is 0.120 e. The summed E-state index contributed by atoms with van der Waals surface area (Å²) in [4.78, 5) is 4.46. The number of para-hydroxylation sites is 2. The normalized spacial score (nSPS) is 18.8. The lowest BCUT2D eigenvalue weighted by molar-refractivity contribution is 0.0310. The van der Waals surface area contributed by atoms with E-state index in [9.17, 15) is 10.2 Å². The molecule has 0 saturated carbocycles. The Kier molecular flexibility index (Phi) is 10.1.